The van der Waals surface area contributed by atoms with Crippen molar-refractivity contribution in [1.29, 1.82) is 0 Å². The summed E-state index contributed by atoms with van der Waals surface area (Å²) in [5.74, 6) is -0.0142. The van der Waals surface area contributed by atoms with E-state index in [0.717, 1.165) is 33.4 Å². The minimum absolute atomic E-state index is 0.00363. The third-order valence-electron chi connectivity index (χ3n) is 6.35. The van der Waals surface area contributed by atoms with Gasteiger partial charge in [0.15, 0.2) is 5.76 Å². The maximum absolute atomic E-state index is 13.0. The van der Waals surface area contributed by atoms with Crippen molar-refractivity contribution in [2.24, 2.45) is 0 Å². The number of aryl methyl sites for hydroxylation is 2. The van der Waals surface area contributed by atoms with Gasteiger partial charge in [0.25, 0.3) is 5.91 Å². The topological polar surface area (TPSA) is 113 Å². The smallest absolute Gasteiger partial charge is 0.326 e. The molecule has 2 amide bonds. The number of aromatic amines is 1. The number of aromatic nitrogens is 3. The minimum Gasteiger partial charge on any atom is -0.459 e. The van der Waals surface area contributed by atoms with Gasteiger partial charge in [0, 0.05) is 44.5 Å². The molecular weight excluding hydrogens is 434 g/mol. The molecule has 0 bridgehead atoms. The van der Waals surface area contributed by atoms with Gasteiger partial charge in [-0.2, -0.15) is 0 Å². The monoisotopic (exact) mass is 459 g/mol. The van der Waals surface area contributed by atoms with E-state index in [9.17, 15) is 14.4 Å². The summed E-state index contributed by atoms with van der Waals surface area (Å²) in [4.78, 5) is 46.6. The third kappa shape index (κ3) is 4.12. The number of para-hydroxylation sites is 2. The molecule has 2 N–H and O–H groups in total. The fraction of sp³-hybridized carbons (Fsp3) is 0.280. The van der Waals surface area contributed by atoms with Gasteiger partial charge in [0.05, 0.1) is 17.3 Å². The molecule has 0 saturated carbocycles. The standard InChI is InChI=1S/C25H25N5O4/c1-16-19(14-27-24(32)22-7-4-12-34-22)18-8-10-29(15-17(18)13-26-16)23(31)9-11-30-21-6-3-2-5-20(21)28-25(30)33/h2-7,12-13H,8-11,14-15H2,1H3,(H,27,32)(H,28,33). The van der Waals surface area contributed by atoms with Crippen molar-refractivity contribution in [3.63, 3.8) is 0 Å². The van der Waals surface area contributed by atoms with Gasteiger partial charge in [-0.05, 0) is 54.3 Å². The number of fused-ring (bicyclic) bond motifs is 2. The lowest BCUT2D eigenvalue weighted by molar-refractivity contribution is -0.132. The summed E-state index contributed by atoms with van der Waals surface area (Å²) in [6.45, 7) is 3.63. The number of pyridine rings is 1. The van der Waals surface area contributed by atoms with Gasteiger partial charge in [-0.3, -0.25) is 19.1 Å². The molecule has 5 rings (SSSR count). The second kappa shape index (κ2) is 9.01. The molecule has 4 heterocycles. The highest BCUT2D eigenvalue weighted by Crippen LogP contribution is 2.24. The van der Waals surface area contributed by atoms with Crippen LogP contribution in [-0.4, -0.2) is 37.8 Å². The van der Waals surface area contributed by atoms with Crippen molar-refractivity contribution < 1.29 is 14.0 Å². The van der Waals surface area contributed by atoms with Gasteiger partial charge >= 0.3 is 5.69 Å². The molecule has 4 aromatic rings. The highest BCUT2D eigenvalue weighted by atomic mass is 16.3. The van der Waals surface area contributed by atoms with E-state index >= 15 is 0 Å². The van der Waals surface area contributed by atoms with Gasteiger partial charge in [0.2, 0.25) is 5.91 Å². The molecule has 0 unspecified atom stereocenters. The number of amides is 2. The lowest BCUT2D eigenvalue weighted by Gasteiger charge is -2.30. The minimum atomic E-state index is -0.276. The molecule has 174 valence electrons. The molecule has 9 heteroatoms. The van der Waals surface area contributed by atoms with Crippen LogP contribution in [0, 0.1) is 6.92 Å². The van der Waals surface area contributed by atoms with Crippen molar-refractivity contribution in [1.82, 2.24) is 24.8 Å². The van der Waals surface area contributed by atoms with Gasteiger partial charge in [-0.25, -0.2) is 4.79 Å². The van der Waals surface area contributed by atoms with Crippen molar-refractivity contribution in [2.75, 3.05) is 6.54 Å². The number of hydrogen-bond acceptors (Lipinski definition) is 5. The number of nitrogens with one attached hydrogen (secondary N) is 2. The van der Waals surface area contributed by atoms with Crippen LogP contribution in [0.4, 0.5) is 0 Å². The van der Waals surface area contributed by atoms with E-state index in [1.807, 2.05) is 42.3 Å². The molecule has 0 saturated heterocycles. The fourth-order valence-corrected chi connectivity index (χ4v) is 4.53. The summed E-state index contributed by atoms with van der Waals surface area (Å²) >= 11 is 0. The van der Waals surface area contributed by atoms with Crippen LogP contribution in [0.25, 0.3) is 11.0 Å². The Labute approximate surface area is 195 Å². The van der Waals surface area contributed by atoms with Crippen LogP contribution in [-0.2, 0) is 30.8 Å². The number of nitrogens with zero attached hydrogens (tertiary/aromatic N) is 3. The van der Waals surface area contributed by atoms with Crippen LogP contribution >= 0.6 is 0 Å². The number of carbonyl (C=O) groups is 2. The Bertz CT molecular complexity index is 1420. The number of benzene rings is 1. The van der Waals surface area contributed by atoms with E-state index in [0.29, 0.717) is 32.6 Å². The molecular formula is C25H25N5O4. The van der Waals surface area contributed by atoms with Crippen LogP contribution in [0.2, 0.25) is 0 Å². The predicted octanol–water partition coefficient (Wildman–Crippen LogP) is 2.53. The average Bonchev–Trinajstić information content (AvgIpc) is 3.49. The first-order valence-corrected chi connectivity index (χ1v) is 11.2. The van der Waals surface area contributed by atoms with E-state index in [-0.39, 0.29) is 29.7 Å². The van der Waals surface area contributed by atoms with E-state index in [1.165, 1.54) is 6.26 Å². The summed E-state index contributed by atoms with van der Waals surface area (Å²) < 4.78 is 6.76. The molecule has 0 radical (unpaired) electrons. The zero-order valence-electron chi connectivity index (χ0n) is 18.8. The Balaban J connectivity index is 1.26. The molecule has 0 spiro atoms. The van der Waals surface area contributed by atoms with E-state index in [4.69, 9.17) is 4.42 Å². The number of carbonyl (C=O) groups excluding carboxylic acids is 2. The number of rotatable bonds is 6. The molecule has 3 aromatic heterocycles. The molecule has 0 fully saturated rings. The summed E-state index contributed by atoms with van der Waals surface area (Å²) in [5.41, 5.74) is 5.30. The van der Waals surface area contributed by atoms with Gasteiger partial charge in [-0.15, -0.1) is 0 Å². The first kappa shape index (κ1) is 21.7. The maximum atomic E-state index is 13.0. The van der Waals surface area contributed by atoms with Crippen molar-refractivity contribution in [3.8, 4) is 0 Å². The maximum Gasteiger partial charge on any atom is 0.326 e. The first-order chi connectivity index (χ1) is 16.5. The Morgan fingerprint density at radius 3 is 2.88 bits per heavy atom. The van der Waals surface area contributed by atoms with Crippen molar-refractivity contribution in [2.45, 2.75) is 39.4 Å². The predicted molar refractivity (Wildman–Crippen MR) is 125 cm³/mol. The fourth-order valence-electron chi connectivity index (χ4n) is 4.53. The zero-order valence-corrected chi connectivity index (χ0v) is 18.8. The van der Waals surface area contributed by atoms with Gasteiger partial charge in [0.1, 0.15) is 0 Å². The van der Waals surface area contributed by atoms with Crippen LogP contribution < -0.4 is 11.0 Å². The quantitative estimate of drug-likeness (QED) is 0.460. The Morgan fingerprint density at radius 1 is 1.21 bits per heavy atom. The van der Waals surface area contributed by atoms with E-state index in [2.05, 4.69) is 15.3 Å². The van der Waals surface area contributed by atoms with E-state index < -0.39 is 0 Å². The normalized spacial score (nSPS) is 13.1. The second-order valence-corrected chi connectivity index (χ2v) is 8.40. The number of furan rings is 1. The largest absolute Gasteiger partial charge is 0.459 e. The highest BCUT2D eigenvalue weighted by molar-refractivity contribution is 5.91. The van der Waals surface area contributed by atoms with Crippen LogP contribution in [0.1, 0.15) is 39.4 Å². The first-order valence-electron chi connectivity index (χ1n) is 11.2. The molecule has 1 aliphatic rings. The zero-order chi connectivity index (χ0) is 23.7. The lowest BCUT2D eigenvalue weighted by atomic mass is 9.94. The summed E-state index contributed by atoms with van der Waals surface area (Å²) in [6, 6.07) is 10.8. The van der Waals surface area contributed by atoms with Gasteiger partial charge < -0.3 is 19.6 Å². The molecule has 1 aliphatic heterocycles. The van der Waals surface area contributed by atoms with Crippen LogP contribution in [0.3, 0.4) is 0 Å². The Kier molecular flexibility index (Phi) is 5.75. The number of H-pyrrole nitrogens is 1. The Hall–Kier alpha value is -4.14. The molecule has 9 nitrogen and oxygen atoms in total. The van der Waals surface area contributed by atoms with Crippen LogP contribution in [0.15, 0.2) is 58.1 Å². The molecule has 1 aromatic carbocycles. The van der Waals surface area contributed by atoms with E-state index in [1.54, 1.807) is 16.7 Å². The molecule has 0 atom stereocenters. The number of hydrogen-bond donors (Lipinski definition) is 2. The third-order valence-corrected chi connectivity index (χ3v) is 6.35. The molecule has 0 aliphatic carbocycles. The average molecular weight is 460 g/mol. The Morgan fingerprint density at radius 2 is 2.06 bits per heavy atom. The highest BCUT2D eigenvalue weighted by Gasteiger charge is 2.24. The van der Waals surface area contributed by atoms with Crippen molar-refractivity contribution in [3.05, 3.63) is 87.5 Å². The lowest BCUT2D eigenvalue weighted by Crippen LogP contribution is -2.37. The second-order valence-electron chi connectivity index (χ2n) is 8.40. The number of imidazole rings is 1. The summed E-state index contributed by atoms with van der Waals surface area (Å²) in [7, 11) is 0. The SMILES string of the molecule is Cc1ncc2c(c1CNC(=O)c1ccco1)CCN(C(=O)CCn1c(=O)[nH]c3ccccc31)C2. The summed E-state index contributed by atoms with van der Waals surface area (Å²) in [5, 5.41) is 2.89. The van der Waals surface area contributed by atoms with Crippen LogP contribution in [0.5, 0.6) is 0 Å². The summed E-state index contributed by atoms with van der Waals surface area (Å²) in [6.07, 6.45) is 4.20. The van der Waals surface area contributed by atoms with Gasteiger partial charge in [-0.1, -0.05) is 12.1 Å². The van der Waals surface area contributed by atoms with Crippen molar-refractivity contribution >= 4 is 22.8 Å². The molecule has 34 heavy (non-hydrogen) atoms.